The number of para-hydroxylation sites is 1. The number of amides is 2. The van der Waals surface area contributed by atoms with Crippen molar-refractivity contribution in [3.63, 3.8) is 0 Å². The van der Waals surface area contributed by atoms with E-state index in [4.69, 9.17) is 17.0 Å². The number of thiocarbonyl (C=S) groups is 1. The van der Waals surface area contributed by atoms with Gasteiger partial charge in [0.25, 0.3) is 0 Å². The van der Waals surface area contributed by atoms with E-state index in [9.17, 15) is 9.59 Å². The maximum atomic E-state index is 11.6. The van der Waals surface area contributed by atoms with E-state index < -0.39 is 6.09 Å². The molecule has 2 amide bonds. The van der Waals surface area contributed by atoms with Gasteiger partial charge in [-0.2, -0.15) is 0 Å². The summed E-state index contributed by atoms with van der Waals surface area (Å²) in [7, 11) is 0. The van der Waals surface area contributed by atoms with Gasteiger partial charge < -0.3 is 4.74 Å². The van der Waals surface area contributed by atoms with Gasteiger partial charge in [0, 0.05) is 6.54 Å². The zero-order valence-electron chi connectivity index (χ0n) is 12.0. The number of benzene rings is 1. The van der Waals surface area contributed by atoms with Crippen LogP contribution in [0.2, 0.25) is 0 Å². The quantitative estimate of drug-likeness (QED) is 0.488. The summed E-state index contributed by atoms with van der Waals surface area (Å²) in [5, 5.41) is 6.78. The molecule has 2 N–H and O–H groups in total. The summed E-state index contributed by atoms with van der Waals surface area (Å²) in [4.78, 5) is 24.7. The van der Waals surface area contributed by atoms with Crippen molar-refractivity contribution < 1.29 is 14.3 Å². The van der Waals surface area contributed by atoms with Gasteiger partial charge in [-0.05, 0) is 24.4 Å². The van der Waals surface area contributed by atoms with Crippen LogP contribution < -0.4 is 15.5 Å². The van der Waals surface area contributed by atoms with Crippen molar-refractivity contribution in [2.24, 2.45) is 5.10 Å². The van der Waals surface area contributed by atoms with Crippen LogP contribution in [-0.4, -0.2) is 39.5 Å². The van der Waals surface area contributed by atoms with Crippen molar-refractivity contribution in [1.82, 2.24) is 15.6 Å². The maximum absolute atomic E-state index is 11.6. The fourth-order valence-electron chi connectivity index (χ4n) is 1.63. The Kier molecular flexibility index (Phi) is 6.12. The third kappa shape index (κ3) is 5.08. The number of hydrazone groups is 1. The standard InChI is InChI=1S/C14H14N4O3S2/c1-2-8-18-11(19)9-23-13(18)17-16-12(22)15-14(20)21-10-6-4-3-5-7-10/h2-7H,1,8-9H2,(H2,15,16,20,22)/b17-13-. The van der Waals surface area contributed by atoms with Crippen LogP contribution >= 0.6 is 24.0 Å². The van der Waals surface area contributed by atoms with E-state index in [1.165, 1.54) is 16.7 Å². The molecule has 7 nitrogen and oxygen atoms in total. The summed E-state index contributed by atoms with van der Waals surface area (Å²) in [5.41, 5.74) is 2.51. The lowest BCUT2D eigenvalue weighted by Gasteiger charge is -2.13. The normalized spacial score (nSPS) is 15.4. The zero-order valence-corrected chi connectivity index (χ0v) is 13.7. The second-order valence-electron chi connectivity index (χ2n) is 4.24. The molecule has 0 saturated carbocycles. The molecule has 0 bridgehead atoms. The molecule has 0 spiro atoms. The Bertz CT molecular complexity index is 649. The lowest BCUT2D eigenvalue weighted by molar-refractivity contribution is -0.123. The van der Waals surface area contributed by atoms with Gasteiger partial charge in [-0.25, -0.2) is 4.79 Å². The van der Waals surface area contributed by atoms with Gasteiger partial charge in [0.15, 0.2) is 10.3 Å². The van der Waals surface area contributed by atoms with Crippen LogP contribution in [0.15, 0.2) is 48.1 Å². The largest absolute Gasteiger partial charge is 0.418 e. The first-order chi connectivity index (χ1) is 11.1. The molecule has 0 aliphatic carbocycles. The minimum absolute atomic E-state index is 0.0306. The fourth-order valence-corrected chi connectivity index (χ4v) is 2.61. The van der Waals surface area contributed by atoms with Crippen LogP contribution in [0.4, 0.5) is 4.79 Å². The summed E-state index contributed by atoms with van der Waals surface area (Å²) < 4.78 is 5.02. The van der Waals surface area contributed by atoms with Gasteiger partial charge in [0.2, 0.25) is 5.91 Å². The molecule has 1 aliphatic rings. The number of thioether (sulfide) groups is 1. The summed E-state index contributed by atoms with van der Waals surface area (Å²) >= 11 is 6.23. The minimum atomic E-state index is -0.730. The molecule has 2 rings (SSSR count). The summed E-state index contributed by atoms with van der Waals surface area (Å²) in [6.45, 7) is 3.95. The van der Waals surface area contributed by atoms with Gasteiger partial charge in [0.1, 0.15) is 5.75 Å². The first-order valence-electron chi connectivity index (χ1n) is 6.55. The SMILES string of the molecule is C=CCN1C(=O)CS/C1=N\NC(=S)NC(=O)Oc1ccccc1. The fraction of sp³-hybridized carbons (Fsp3) is 0.143. The lowest BCUT2D eigenvalue weighted by atomic mass is 10.3. The van der Waals surface area contributed by atoms with E-state index in [0.29, 0.717) is 23.2 Å². The van der Waals surface area contributed by atoms with Gasteiger partial charge in [0.05, 0.1) is 5.75 Å². The second kappa shape index (κ2) is 8.30. The molecule has 1 aromatic carbocycles. The van der Waals surface area contributed by atoms with Gasteiger partial charge in [-0.1, -0.05) is 36.0 Å². The van der Waals surface area contributed by atoms with Gasteiger partial charge in [-0.3, -0.25) is 20.4 Å². The highest BCUT2D eigenvalue weighted by molar-refractivity contribution is 8.15. The molecule has 0 unspecified atom stereocenters. The van der Waals surface area contributed by atoms with E-state index in [1.54, 1.807) is 30.3 Å². The third-order valence-electron chi connectivity index (χ3n) is 2.59. The van der Waals surface area contributed by atoms with E-state index in [2.05, 4.69) is 22.4 Å². The molecular formula is C14H14N4O3S2. The number of ether oxygens (including phenoxy) is 1. The Labute approximate surface area is 142 Å². The van der Waals surface area contributed by atoms with Gasteiger partial charge >= 0.3 is 6.09 Å². The van der Waals surface area contributed by atoms with Crippen molar-refractivity contribution in [3.8, 4) is 5.75 Å². The molecule has 23 heavy (non-hydrogen) atoms. The van der Waals surface area contributed by atoms with Crippen LogP contribution in [0.5, 0.6) is 5.75 Å². The van der Waals surface area contributed by atoms with Crippen molar-refractivity contribution in [2.45, 2.75) is 0 Å². The Morgan fingerprint density at radius 1 is 1.48 bits per heavy atom. The highest BCUT2D eigenvalue weighted by Gasteiger charge is 2.27. The number of carbonyl (C=O) groups is 2. The molecular weight excluding hydrogens is 336 g/mol. The predicted molar refractivity (Wildman–Crippen MR) is 93.1 cm³/mol. The molecule has 1 aliphatic heterocycles. The number of hydrogen-bond acceptors (Lipinski definition) is 6. The molecule has 1 aromatic rings. The smallest absolute Gasteiger partial charge is 0.410 e. The average molecular weight is 350 g/mol. The first-order valence-corrected chi connectivity index (χ1v) is 7.95. The molecule has 120 valence electrons. The number of carbonyl (C=O) groups excluding carboxylic acids is 2. The van der Waals surface area contributed by atoms with Crippen molar-refractivity contribution in [1.29, 1.82) is 0 Å². The highest BCUT2D eigenvalue weighted by atomic mass is 32.2. The summed E-state index contributed by atoms with van der Waals surface area (Å²) in [6.07, 6.45) is 0.875. The average Bonchev–Trinajstić information content (AvgIpc) is 2.87. The van der Waals surface area contributed by atoms with E-state index in [0.717, 1.165) is 0 Å². The second-order valence-corrected chi connectivity index (χ2v) is 5.60. The van der Waals surface area contributed by atoms with Crippen molar-refractivity contribution in [3.05, 3.63) is 43.0 Å². The maximum Gasteiger partial charge on any atom is 0.418 e. The van der Waals surface area contributed by atoms with Crippen LogP contribution in [0.25, 0.3) is 0 Å². The predicted octanol–water partition coefficient (Wildman–Crippen LogP) is 1.68. The molecule has 1 saturated heterocycles. The minimum Gasteiger partial charge on any atom is -0.410 e. The zero-order chi connectivity index (χ0) is 16.7. The van der Waals surface area contributed by atoms with Crippen LogP contribution in [0.1, 0.15) is 0 Å². The molecule has 9 heteroatoms. The van der Waals surface area contributed by atoms with Crippen LogP contribution in [0.3, 0.4) is 0 Å². The Morgan fingerprint density at radius 3 is 2.91 bits per heavy atom. The van der Waals surface area contributed by atoms with E-state index in [1.807, 2.05) is 6.07 Å². The van der Waals surface area contributed by atoms with Gasteiger partial charge in [-0.15, -0.1) is 11.7 Å². The van der Waals surface area contributed by atoms with Crippen LogP contribution in [0, 0.1) is 0 Å². The Hall–Kier alpha value is -2.39. The number of hydrogen-bond donors (Lipinski definition) is 2. The summed E-state index contributed by atoms with van der Waals surface area (Å²) in [6, 6.07) is 8.58. The molecule has 1 heterocycles. The van der Waals surface area contributed by atoms with E-state index in [-0.39, 0.29) is 11.0 Å². The first kappa shape index (κ1) is 17.0. The van der Waals surface area contributed by atoms with Crippen molar-refractivity contribution >= 4 is 46.3 Å². The number of nitrogens with one attached hydrogen (secondary N) is 2. The summed E-state index contributed by atoms with van der Waals surface area (Å²) in [5.74, 6) is 0.649. The van der Waals surface area contributed by atoms with Crippen LogP contribution in [-0.2, 0) is 4.79 Å². The third-order valence-corrected chi connectivity index (χ3v) is 3.75. The highest BCUT2D eigenvalue weighted by Crippen LogP contribution is 2.18. The Morgan fingerprint density at radius 2 is 2.22 bits per heavy atom. The van der Waals surface area contributed by atoms with Crippen molar-refractivity contribution in [2.75, 3.05) is 12.3 Å². The monoisotopic (exact) mass is 350 g/mol. The molecule has 0 atom stereocenters. The number of amidine groups is 1. The number of rotatable bonds is 4. The molecule has 1 fully saturated rings. The number of nitrogens with zero attached hydrogens (tertiary/aromatic N) is 2. The molecule has 0 radical (unpaired) electrons. The Balaban J connectivity index is 1.84. The topological polar surface area (TPSA) is 83.0 Å². The molecule has 0 aromatic heterocycles. The van der Waals surface area contributed by atoms with E-state index >= 15 is 0 Å². The lowest BCUT2D eigenvalue weighted by Crippen LogP contribution is -2.39.